The van der Waals surface area contributed by atoms with E-state index in [0.717, 1.165) is 38.4 Å². The number of anilines is 2. The molecule has 1 fully saturated rings. The van der Waals surface area contributed by atoms with E-state index < -0.39 is 0 Å². The fourth-order valence-electron chi connectivity index (χ4n) is 2.60. The van der Waals surface area contributed by atoms with Crippen molar-refractivity contribution in [1.82, 2.24) is 9.88 Å². The number of nitrogen functional groups attached to an aromatic ring is 1. The van der Waals surface area contributed by atoms with Gasteiger partial charge in [-0.2, -0.15) is 0 Å². The molecule has 0 bridgehead atoms. The van der Waals surface area contributed by atoms with E-state index in [4.69, 9.17) is 5.73 Å². The van der Waals surface area contributed by atoms with Gasteiger partial charge < -0.3 is 10.6 Å². The smallest absolute Gasteiger partial charge is 0.180 e. The first-order valence-corrected chi connectivity index (χ1v) is 7.78. The van der Waals surface area contributed by atoms with E-state index >= 15 is 0 Å². The van der Waals surface area contributed by atoms with Crippen LogP contribution in [0.1, 0.15) is 10.6 Å². The number of piperazine rings is 1. The van der Waals surface area contributed by atoms with E-state index in [0.29, 0.717) is 5.13 Å². The van der Waals surface area contributed by atoms with Crippen molar-refractivity contribution in [1.29, 1.82) is 0 Å². The number of para-hydroxylation sites is 1. The third-order valence-electron chi connectivity index (χ3n) is 3.77. The van der Waals surface area contributed by atoms with Crippen LogP contribution in [0.4, 0.5) is 10.8 Å². The van der Waals surface area contributed by atoms with Gasteiger partial charge in [0, 0.05) is 43.3 Å². The van der Waals surface area contributed by atoms with Crippen molar-refractivity contribution in [3.05, 3.63) is 40.9 Å². The topological polar surface area (TPSA) is 45.4 Å². The maximum Gasteiger partial charge on any atom is 0.180 e. The van der Waals surface area contributed by atoms with Gasteiger partial charge in [0.15, 0.2) is 5.13 Å². The Balaban J connectivity index is 1.58. The molecule has 3 rings (SSSR count). The Morgan fingerprint density at radius 2 is 1.85 bits per heavy atom. The molecular formula is C15H20N4S. The number of rotatable bonds is 3. The number of hydrogen-bond donors (Lipinski definition) is 1. The van der Waals surface area contributed by atoms with Crippen LogP contribution in [-0.4, -0.2) is 36.1 Å². The third kappa shape index (κ3) is 2.94. The van der Waals surface area contributed by atoms with Crippen LogP contribution in [-0.2, 0) is 6.54 Å². The largest absolute Gasteiger partial charge is 0.375 e. The first-order valence-electron chi connectivity index (χ1n) is 6.96. The number of aryl methyl sites for hydroxylation is 1. The fraction of sp³-hybridized carbons (Fsp3) is 0.400. The Labute approximate surface area is 123 Å². The summed E-state index contributed by atoms with van der Waals surface area (Å²) in [6.07, 6.45) is 0. The van der Waals surface area contributed by atoms with Gasteiger partial charge in [0.25, 0.3) is 0 Å². The van der Waals surface area contributed by atoms with Crippen LogP contribution in [0, 0.1) is 6.92 Å². The summed E-state index contributed by atoms with van der Waals surface area (Å²) in [6.45, 7) is 7.36. The molecule has 1 saturated heterocycles. The number of thiazole rings is 1. The molecule has 0 unspecified atom stereocenters. The summed E-state index contributed by atoms with van der Waals surface area (Å²) in [5, 5.41) is 0.681. The SMILES string of the molecule is Cc1nc(N)sc1CN1CCN(c2ccccc2)CC1. The van der Waals surface area contributed by atoms with Crippen molar-refractivity contribution >= 4 is 22.2 Å². The second kappa shape index (κ2) is 5.81. The molecule has 2 heterocycles. The van der Waals surface area contributed by atoms with Crippen molar-refractivity contribution in [3.8, 4) is 0 Å². The third-order valence-corrected chi connectivity index (χ3v) is 4.74. The average Bonchev–Trinajstić information content (AvgIpc) is 2.79. The molecule has 2 N–H and O–H groups in total. The van der Waals surface area contributed by atoms with Crippen LogP contribution >= 0.6 is 11.3 Å². The zero-order valence-corrected chi connectivity index (χ0v) is 12.6. The molecule has 0 amide bonds. The van der Waals surface area contributed by atoms with Crippen molar-refractivity contribution in [3.63, 3.8) is 0 Å². The Morgan fingerprint density at radius 1 is 1.15 bits per heavy atom. The number of nitrogens with two attached hydrogens (primary N) is 1. The lowest BCUT2D eigenvalue weighted by Crippen LogP contribution is -2.45. The van der Waals surface area contributed by atoms with Crippen LogP contribution in [0.15, 0.2) is 30.3 Å². The molecule has 4 nitrogen and oxygen atoms in total. The molecule has 0 radical (unpaired) electrons. The summed E-state index contributed by atoms with van der Waals surface area (Å²) in [4.78, 5) is 10.5. The number of nitrogens with zero attached hydrogens (tertiary/aromatic N) is 3. The van der Waals surface area contributed by atoms with Crippen molar-refractivity contribution in [2.24, 2.45) is 0 Å². The standard InChI is InChI=1S/C15H20N4S/c1-12-14(20-15(16)17-12)11-18-7-9-19(10-8-18)13-5-3-2-4-6-13/h2-6H,7-11H2,1H3,(H2,16,17). The maximum atomic E-state index is 5.76. The Hall–Kier alpha value is -1.59. The molecule has 1 aliphatic heterocycles. The van der Waals surface area contributed by atoms with E-state index in [1.807, 2.05) is 6.92 Å². The molecule has 106 valence electrons. The lowest BCUT2D eigenvalue weighted by molar-refractivity contribution is 0.251. The summed E-state index contributed by atoms with van der Waals surface area (Å²) in [5.41, 5.74) is 8.17. The number of benzene rings is 1. The Bertz CT molecular complexity index is 559. The van der Waals surface area contributed by atoms with Crippen molar-refractivity contribution < 1.29 is 0 Å². The summed E-state index contributed by atoms with van der Waals surface area (Å²) < 4.78 is 0. The molecular weight excluding hydrogens is 268 g/mol. The van der Waals surface area contributed by atoms with E-state index in [9.17, 15) is 0 Å². The van der Waals surface area contributed by atoms with Gasteiger partial charge in [-0.25, -0.2) is 4.98 Å². The molecule has 20 heavy (non-hydrogen) atoms. The van der Waals surface area contributed by atoms with E-state index in [-0.39, 0.29) is 0 Å². The van der Waals surface area contributed by atoms with Gasteiger partial charge in [0.1, 0.15) is 0 Å². The second-order valence-corrected chi connectivity index (χ2v) is 6.27. The summed E-state index contributed by atoms with van der Waals surface area (Å²) in [5.74, 6) is 0. The molecule has 1 aromatic carbocycles. The molecule has 0 spiro atoms. The lowest BCUT2D eigenvalue weighted by atomic mass is 10.2. The normalized spacial score (nSPS) is 16.6. The van der Waals surface area contributed by atoms with E-state index in [1.54, 1.807) is 11.3 Å². The summed E-state index contributed by atoms with van der Waals surface area (Å²) in [6, 6.07) is 10.6. The highest BCUT2D eigenvalue weighted by Gasteiger charge is 2.18. The van der Waals surface area contributed by atoms with E-state index in [1.165, 1.54) is 10.6 Å². The second-order valence-electron chi connectivity index (χ2n) is 5.16. The summed E-state index contributed by atoms with van der Waals surface area (Å²) >= 11 is 1.62. The van der Waals surface area contributed by atoms with Gasteiger partial charge in [-0.3, -0.25) is 4.90 Å². The minimum atomic E-state index is 0.681. The highest BCUT2D eigenvalue weighted by molar-refractivity contribution is 7.15. The highest BCUT2D eigenvalue weighted by Crippen LogP contribution is 2.23. The van der Waals surface area contributed by atoms with Gasteiger partial charge in [0.05, 0.1) is 5.69 Å². The molecule has 1 aliphatic rings. The lowest BCUT2D eigenvalue weighted by Gasteiger charge is -2.35. The molecule has 0 saturated carbocycles. The molecule has 1 aromatic heterocycles. The minimum absolute atomic E-state index is 0.681. The fourth-order valence-corrected chi connectivity index (χ4v) is 3.48. The zero-order chi connectivity index (χ0) is 13.9. The number of hydrogen-bond acceptors (Lipinski definition) is 5. The van der Waals surface area contributed by atoms with Gasteiger partial charge in [-0.15, -0.1) is 11.3 Å². The van der Waals surface area contributed by atoms with Gasteiger partial charge in [-0.1, -0.05) is 18.2 Å². The average molecular weight is 288 g/mol. The van der Waals surface area contributed by atoms with Crippen LogP contribution in [0.25, 0.3) is 0 Å². The highest BCUT2D eigenvalue weighted by atomic mass is 32.1. The quantitative estimate of drug-likeness (QED) is 0.942. The molecule has 5 heteroatoms. The van der Waals surface area contributed by atoms with Crippen LogP contribution in [0.3, 0.4) is 0 Å². The van der Waals surface area contributed by atoms with Crippen LogP contribution in [0.2, 0.25) is 0 Å². The Kier molecular flexibility index (Phi) is 3.89. The first kappa shape index (κ1) is 13.4. The van der Waals surface area contributed by atoms with Crippen LogP contribution < -0.4 is 10.6 Å². The molecule has 0 aliphatic carbocycles. The van der Waals surface area contributed by atoms with Gasteiger partial charge in [-0.05, 0) is 19.1 Å². The predicted molar refractivity (Wildman–Crippen MR) is 85.2 cm³/mol. The van der Waals surface area contributed by atoms with Gasteiger partial charge in [0.2, 0.25) is 0 Å². The molecule has 0 atom stereocenters. The monoisotopic (exact) mass is 288 g/mol. The van der Waals surface area contributed by atoms with Crippen molar-refractivity contribution in [2.75, 3.05) is 36.8 Å². The summed E-state index contributed by atoms with van der Waals surface area (Å²) in [7, 11) is 0. The van der Waals surface area contributed by atoms with Gasteiger partial charge >= 0.3 is 0 Å². The van der Waals surface area contributed by atoms with Crippen LogP contribution in [0.5, 0.6) is 0 Å². The maximum absolute atomic E-state index is 5.76. The zero-order valence-electron chi connectivity index (χ0n) is 11.7. The van der Waals surface area contributed by atoms with E-state index in [2.05, 4.69) is 45.1 Å². The predicted octanol–water partition coefficient (Wildman–Crippen LogP) is 2.36. The number of aromatic nitrogens is 1. The molecule has 2 aromatic rings. The Morgan fingerprint density at radius 3 is 2.45 bits per heavy atom. The first-order chi connectivity index (χ1) is 9.72. The minimum Gasteiger partial charge on any atom is -0.375 e. The van der Waals surface area contributed by atoms with Crippen molar-refractivity contribution in [2.45, 2.75) is 13.5 Å².